The van der Waals surface area contributed by atoms with Crippen molar-refractivity contribution in [3.05, 3.63) is 89.5 Å². The summed E-state index contributed by atoms with van der Waals surface area (Å²) in [6, 6.07) is 19.7. The molecule has 0 aliphatic heterocycles. The van der Waals surface area contributed by atoms with Crippen molar-refractivity contribution in [2.45, 2.75) is 24.2 Å². The first-order valence-corrected chi connectivity index (χ1v) is 10.2. The van der Waals surface area contributed by atoms with Gasteiger partial charge in [0.1, 0.15) is 11.5 Å². The van der Waals surface area contributed by atoms with E-state index in [0.29, 0.717) is 16.0 Å². The number of phenolic OH excluding ortho intramolecular Hbond substituents is 1. The number of rotatable bonds is 7. The van der Waals surface area contributed by atoms with Crippen LogP contribution in [0.2, 0.25) is 0 Å². The van der Waals surface area contributed by atoms with Gasteiger partial charge in [-0.25, -0.2) is 0 Å². The van der Waals surface area contributed by atoms with Crippen LogP contribution in [-0.4, -0.2) is 26.3 Å². The van der Waals surface area contributed by atoms with Gasteiger partial charge < -0.3 is 9.84 Å². The molecule has 0 fully saturated rings. The third kappa shape index (κ3) is 4.60. The summed E-state index contributed by atoms with van der Waals surface area (Å²) in [5.41, 5.74) is 0.226. The van der Waals surface area contributed by atoms with Crippen LogP contribution in [-0.2, 0) is 10.8 Å². The third-order valence-corrected chi connectivity index (χ3v) is 5.83. The fourth-order valence-electron chi connectivity index (χ4n) is 2.87. The highest BCUT2D eigenvalue weighted by atomic mass is 32.2. The van der Waals surface area contributed by atoms with Crippen LogP contribution in [0.15, 0.2) is 77.7 Å². The van der Waals surface area contributed by atoms with E-state index in [4.69, 9.17) is 4.74 Å². The molecule has 2 atom stereocenters. The van der Waals surface area contributed by atoms with Crippen molar-refractivity contribution in [1.29, 1.82) is 0 Å². The maximum Gasteiger partial charge on any atom is 0.196 e. The van der Waals surface area contributed by atoms with Crippen molar-refractivity contribution in [3.8, 4) is 11.5 Å². The summed E-state index contributed by atoms with van der Waals surface area (Å²) >= 11 is 0. The average molecular weight is 408 g/mol. The summed E-state index contributed by atoms with van der Waals surface area (Å²) in [4.78, 5) is 24.7. The van der Waals surface area contributed by atoms with Gasteiger partial charge in [-0.1, -0.05) is 48.5 Å². The number of carbonyl (C=O) groups excluding carboxylic acids is 2. The fraction of sp³-hybridized carbons (Fsp3) is 0.130. The van der Waals surface area contributed by atoms with Gasteiger partial charge >= 0.3 is 0 Å². The third-order valence-electron chi connectivity index (χ3n) is 4.34. The van der Waals surface area contributed by atoms with Crippen molar-refractivity contribution in [2.24, 2.45) is 0 Å². The standard InChI is InChI=1S/C23H20O5S/c1-15(24)19-10-6-7-11-22(19)29(27)16(2)28-18-12-13-20(21(25)14-18)23(26)17-8-4-3-5-9-17/h3-14,16,25H,1-2H3. The lowest BCUT2D eigenvalue weighted by atomic mass is 10.0. The summed E-state index contributed by atoms with van der Waals surface area (Å²) in [6.07, 6.45) is 0. The molecule has 0 spiro atoms. The zero-order chi connectivity index (χ0) is 21.0. The molecule has 148 valence electrons. The molecular formula is C23H20O5S. The number of benzene rings is 3. The van der Waals surface area contributed by atoms with Crippen LogP contribution in [0, 0.1) is 0 Å². The zero-order valence-corrected chi connectivity index (χ0v) is 16.8. The minimum absolute atomic E-state index is 0.152. The van der Waals surface area contributed by atoms with Crippen LogP contribution in [0.3, 0.4) is 0 Å². The van der Waals surface area contributed by atoms with E-state index in [0.717, 1.165) is 0 Å². The first kappa shape index (κ1) is 20.5. The van der Waals surface area contributed by atoms with Crippen LogP contribution < -0.4 is 4.74 Å². The quantitative estimate of drug-likeness (QED) is 0.588. The Labute approximate surface area is 171 Å². The van der Waals surface area contributed by atoms with E-state index >= 15 is 0 Å². The van der Waals surface area contributed by atoms with E-state index in [1.807, 2.05) is 0 Å². The van der Waals surface area contributed by atoms with Gasteiger partial charge in [-0.05, 0) is 32.0 Å². The first-order valence-electron chi connectivity index (χ1n) is 8.98. The van der Waals surface area contributed by atoms with Gasteiger partial charge in [-0.15, -0.1) is 0 Å². The van der Waals surface area contributed by atoms with Gasteiger partial charge in [0, 0.05) is 17.2 Å². The molecule has 0 bridgehead atoms. The summed E-state index contributed by atoms with van der Waals surface area (Å²) in [7, 11) is -1.60. The van der Waals surface area contributed by atoms with E-state index in [1.165, 1.54) is 19.1 Å². The lowest BCUT2D eigenvalue weighted by Crippen LogP contribution is -2.20. The van der Waals surface area contributed by atoms with Crippen molar-refractivity contribution in [1.82, 2.24) is 0 Å². The minimum atomic E-state index is -1.60. The van der Waals surface area contributed by atoms with Crippen LogP contribution in [0.4, 0.5) is 0 Å². The van der Waals surface area contributed by atoms with Gasteiger partial charge in [0.2, 0.25) is 0 Å². The van der Waals surface area contributed by atoms with Crippen LogP contribution in [0.1, 0.15) is 40.1 Å². The lowest BCUT2D eigenvalue weighted by Gasteiger charge is -2.16. The number of aromatic hydroxyl groups is 1. The summed E-state index contributed by atoms with van der Waals surface area (Å²) in [6.45, 7) is 3.04. The predicted molar refractivity (Wildman–Crippen MR) is 111 cm³/mol. The molecule has 0 aliphatic rings. The number of ether oxygens (including phenoxy) is 1. The summed E-state index contributed by atoms with van der Waals surface area (Å²) < 4.78 is 18.5. The molecule has 0 aliphatic carbocycles. The Balaban J connectivity index is 1.79. The van der Waals surface area contributed by atoms with Gasteiger partial charge in [-0.2, -0.15) is 0 Å². The fourth-order valence-corrected chi connectivity index (χ4v) is 4.07. The Morgan fingerprint density at radius 3 is 2.24 bits per heavy atom. The Morgan fingerprint density at radius 1 is 0.931 bits per heavy atom. The molecule has 0 aromatic heterocycles. The highest BCUT2D eigenvalue weighted by Gasteiger charge is 2.21. The Morgan fingerprint density at radius 2 is 1.59 bits per heavy atom. The zero-order valence-electron chi connectivity index (χ0n) is 16.0. The minimum Gasteiger partial charge on any atom is -0.507 e. The van der Waals surface area contributed by atoms with Crippen LogP contribution >= 0.6 is 0 Å². The van der Waals surface area contributed by atoms with Crippen molar-refractivity contribution < 1.29 is 23.6 Å². The van der Waals surface area contributed by atoms with E-state index in [1.54, 1.807) is 67.6 Å². The molecule has 0 heterocycles. The van der Waals surface area contributed by atoms with Crippen molar-refractivity contribution in [2.75, 3.05) is 0 Å². The lowest BCUT2D eigenvalue weighted by molar-refractivity contribution is 0.101. The molecule has 3 rings (SSSR count). The number of hydrogen-bond donors (Lipinski definition) is 1. The number of ketones is 2. The van der Waals surface area contributed by atoms with Crippen LogP contribution in [0.25, 0.3) is 0 Å². The Bertz CT molecular complexity index is 1080. The maximum atomic E-state index is 12.8. The van der Waals surface area contributed by atoms with Gasteiger partial charge in [0.25, 0.3) is 0 Å². The molecule has 0 saturated heterocycles. The summed E-state index contributed by atoms with van der Waals surface area (Å²) in [5, 5.41) is 10.3. The number of hydrogen-bond acceptors (Lipinski definition) is 5. The molecule has 1 N–H and O–H groups in total. The monoisotopic (exact) mass is 408 g/mol. The second-order valence-electron chi connectivity index (χ2n) is 6.41. The highest BCUT2D eigenvalue weighted by Crippen LogP contribution is 2.28. The molecule has 2 unspecified atom stereocenters. The molecule has 3 aromatic rings. The Hall–Kier alpha value is -3.25. The molecule has 0 saturated carbocycles. The number of Topliss-reactive ketones (excluding diaryl/α,β-unsaturated/α-hetero) is 1. The molecular weight excluding hydrogens is 388 g/mol. The van der Waals surface area contributed by atoms with E-state index in [-0.39, 0.29) is 28.6 Å². The van der Waals surface area contributed by atoms with E-state index in [2.05, 4.69) is 0 Å². The number of phenols is 1. The normalized spacial score (nSPS) is 12.8. The molecule has 0 radical (unpaired) electrons. The number of carbonyl (C=O) groups is 2. The van der Waals surface area contributed by atoms with Gasteiger partial charge in [0.05, 0.1) is 21.3 Å². The molecule has 29 heavy (non-hydrogen) atoms. The van der Waals surface area contributed by atoms with Gasteiger partial charge in [0.15, 0.2) is 17.0 Å². The average Bonchev–Trinajstić information content (AvgIpc) is 2.73. The second-order valence-corrected chi connectivity index (χ2v) is 8.11. The molecule has 5 nitrogen and oxygen atoms in total. The van der Waals surface area contributed by atoms with Gasteiger partial charge in [-0.3, -0.25) is 13.8 Å². The maximum absolute atomic E-state index is 12.8. The molecule has 0 amide bonds. The molecule has 3 aromatic carbocycles. The predicted octanol–water partition coefficient (Wildman–Crippen LogP) is 4.36. The van der Waals surface area contributed by atoms with E-state index < -0.39 is 16.2 Å². The second kappa shape index (κ2) is 8.84. The van der Waals surface area contributed by atoms with Crippen molar-refractivity contribution >= 4 is 22.4 Å². The Kier molecular flexibility index (Phi) is 6.24. The first-order chi connectivity index (χ1) is 13.9. The topological polar surface area (TPSA) is 80.7 Å². The highest BCUT2D eigenvalue weighted by molar-refractivity contribution is 7.85. The summed E-state index contributed by atoms with van der Waals surface area (Å²) in [5.74, 6) is -0.434. The SMILES string of the molecule is CC(=O)c1ccccc1S(=O)C(C)Oc1ccc(C(=O)c2ccccc2)c(O)c1. The van der Waals surface area contributed by atoms with E-state index in [9.17, 15) is 18.9 Å². The molecule has 6 heteroatoms. The van der Waals surface area contributed by atoms with Crippen molar-refractivity contribution in [3.63, 3.8) is 0 Å². The van der Waals surface area contributed by atoms with Crippen LogP contribution in [0.5, 0.6) is 11.5 Å². The smallest absolute Gasteiger partial charge is 0.196 e. The largest absolute Gasteiger partial charge is 0.507 e.